The molecule has 0 radical (unpaired) electrons. The van der Waals surface area contributed by atoms with Crippen LogP contribution in [-0.4, -0.2) is 4.21 Å². The maximum atomic E-state index is 5.34. The minimum Gasteiger partial charge on any atom is -1.00 e. The minimum absolute atomic E-state index is 0. The number of halogens is 2. The van der Waals surface area contributed by atoms with Crippen molar-refractivity contribution in [3.8, 4) is 0 Å². The first-order valence-electron chi connectivity index (χ1n) is 12.5. The van der Waals surface area contributed by atoms with Gasteiger partial charge >= 0.3 is 204 Å². The molecule has 1 atom stereocenters. The van der Waals surface area contributed by atoms with Crippen molar-refractivity contribution >= 4 is 4.21 Å². The van der Waals surface area contributed by atoms with E-state index in [0.717, 1.165) is 12.8 Å². The van der Waals surface area contributed by atoms with E-state index in [9.17, 15) is 0 Å². The van der Waals surface area contributed by atoms with Gasteiger partial charge in [-0.3, -0.25) is 0 Å². The minimum atomic E-state index is -3.31. The first-order chi connectivity index (χ1) is 14.4. The molecule has 0 amide bonds. The molecule has 0 aromatic rings. The van der Waals surface area contributed by atoms with Crippen molar-refractivity contribution < 1.29 is 44.6 Å². The molecule has 34 heavy (non-hydrogen) atoms. The van der Waals surface area contributed by atoms with Gasteiger partial charge in [-0.2, -0.15) is 0 Å². The van der Waals surface area contributed by atoms with E-state index in [1.807, 2.05) is 0 Å². The molecule has 0 heterocycles. The van der Waals surface area contributed by atoms with Crippen LogP contribution in [0.4, 0.5) is 0 Å². The second-order valence-corrected chi connectivity index (χ2v) is 22.5. The normalized spacial score (nSPS) is 21.2. The molecule has 0 N–H and O–H groups in total. The molecular weight excluding hydrogens is 534 g/mol. The maximum absolute atomic E-state index is 5.34. The van der Waals surface area contributed by atoms with Gasteiger partial charge in [0.1, 0.15) is 0 Å². The van der Waals surface area contributed by atoms with Gasteiger partial charge in [0.25, 0.3) is 0 Å². The Balaban J connectivity index is 0.00000289. The summed E-state index contributed by atoms with van der Waals surface area (Å²) in [7, 11) is 0. The summed E-state index contributed by atoms with van der Waals surface area (Å²) in [6.45, 7) is 28.4. The Labute approximate surface area is 227 Å². The van der Waals surface area contributed by atoms with Gasteiger partial charge in [0, 0.05) is 0 Å². The fraction of sp³-hybridized carbons (Fsp3) is 0.581. The zero-order valence-electron chi connectivity index (χ0n) is 23.8. The van der Waals surface area contributed by atoms with E-state index in [-0.39, 0.29) is 41.1 Å². The van der Waals surface area contributed by atoms with Gasteiger partial charge in [-0.1, -0.05) is 0 Å². The number of hydrogen-bond acceptors (Lipinski definition) is 0. The van der Waals surface area contributed by atoms with Crippen LogP contribution in [0.25, 0.3) is 0 Å². The first-order valence-corrected chi connectivity index (χ1v) is 17.9. The summed E-state index contributed by atoms with van der Waals surface area (Å²) in [5.41, 5.74) is 8.33. The van der Waals surface area contributed by atoms with E-state index in [0.29, 0.717) is 5.92 Å². The number of rotatable bonds is 3. The molecule has 3 heteroatoms. The van der Waals surface area contributed by atoms with E-state index in [4.69, 9.17) is 4.21 Å². The standard InChI is InChI=1S/3C10H15.CH2.2ClH.Zr/c3*1-8-5-6-9(7-8)10(2,3)4;;;;/h2*7H,6H2,1-4H3;6-8H,1-4H3;1H2;2*1H;/q;;;;;;+2/p-2. The van der Waals surface area contributed by atoms with Crippen LogP contribution in [0.5, 0.6) is 0 Å². The fourth-order valence-electron chi connectivity index (χ4n) is 5.61. The molecule has 0 aromatic heterocycles. The Morgan fingerprint density at radius 2 is 1.09 bits per heavy atom. The summed E-state index contributed by atoms with van der Waals surface area (Å²) in [5, 5.41) is 0. The van der Waals surface area contributed by atoms with E-state index in [1.165, 1.54) is 16.7 Å². The van der Waals surface area contributed by atoms with Crippen molar-refractivity contribution in [2.75, 3.05) is 0 Å². The van der Waals surface area contributed by atoms with Crippen LogP contribution in [-0.2, 0) is 19.8 Å². The van der Waals surface area contributed by atoms with Gasteiger partial charge in [-0.25, -0.2) is 0 Å². The van der Waals surface area contributed by atoms with Crippen LogP contribution >= 0.6 is 0 Å². The van der Waals surface area contributed by atoms with Crippen LogP contribution in [0, 0.1) is 22.2 Å². The Morgan fingerprint density at radius 3 is 1.35 bits per heavy atom. The van der Waals surface area contributed by atoms with E-state index < -0.39 is 19.8 Å². The molecule has 189 valence electrons. The fourth-order valence-corrected chi connectivity index (χ4v) is 17.4. The summed E-state index contributed by atoms with van der Waals surface area (Å²) < 4.78 is 10.5. The number of hydrogen-bond donors (Lipinski definition) is 0. The zero-order valence-corrected chi connectivity index (χ0v) is 27.7. The molecule has 0 saturated heterocycles. The van der Waals surface area contributed by atoms with Gasteiger partial charge in [0.2, 0.25) is 0 Å². The SMILES string of the molecule is [CH2]=[Zr+2]([C]1=CC(C(C)(C)C)=CC1C)([C]1=C(C)C=C(C(C)(C)C)C1)[C]1=C(C)C=C(C(C)(C)C)C1.[Cl-].[Cl-]. The van der Waals surface area contributed by atoms with Gasteiger partial charge in [0.05, 0.1) is 0 Å². The van der Waals surface area contributed by atoms with Gasteiger partial charge in [0.15, 0.2) is 0 Å². The largest absolute Gasteiger partial charge is 1.00 e. The van der Waals surface area contributed by atoms with E-state index in [2.05, 4.69) is 107 Å². The summed E-state index contributed by atoms with van der Waals surface area (Å²) in [6, 6.07) is 0. The zero-order chi connectivity index (χ0) is 24.4. The van der Waals surface area contributed by atoms with Crippen molar-refractivity contribution in [2.45, 2.75) is 95.9 Å². The second kappa shape index (κ2) is 10.3. The van der Waals surface area contributed by atoms with Crippen molar-refractivity contribution in [1.29, 1.82) is 0 Å². The van der Waals surface area contributed by atoms with Crippen LogP contribution in [0.15, 0.2) is 62.0 Å². The Bertz CT molecular complexity index is 1010. The predicted molar refractivity (Wildman–Crippen MR) is 142 cm³/mol. The molecule has 3 aliphatic rings. The van der Waals surface area contributed by atoms with Crippen molar-refractivity contribution in [2.24, 2.45) is 22.2 Å². The molecule has 0 saturated carbocycles. The van der Waals surface area contributed by atoms with Crippen LogP contribution in [0.3, 0.4) is 0 Å². The van der Waals surface area contributed by atoms with E-state index in [1.54, 1.807) is 21.0 Å². The molecule has 0 aromatic carbocycles. The third-order valence-electron chi connectivity index (χ3n) is 8.01. The predicted octanol–water partition coefficient (Wildman–Crippen LogP) is 3.39. The molecule has 0 aliphatic heterocycles. The molecular formula is C31H47Cl2Zr. The third kappa shape index (κ3) is 5.84. The first kappa shape index (κ1) is 31.8. The summed E-state index contributed by atoms with van der Waals surface area (Å²) in [5.74, 6) is 0.496. The smallest absolute Gasteiger partial charge is 1.00 e. The quantitative estimate of drug-likeness (QED) is 0.480. The average molecular weight is 582 g/mol. The van der Waals surface area contributed by atoms with Crippen LogP contribution < -0.4 is 24.8 Å². The van der Waals surface area contributed by atoms with Gasteiger partial charge < -0.3 is 24.8 Å². The summed E-state index contributed by atoms with van der Waals surface area (Å²) >= 11 is -3.31. The molecule has 0 nitrogen and oxygen atoms in total. The Morgan fingerprint density at radius 1 is 0.706 bits per heavy atom. The van der Waals surface area contributed by atoms with Crippen molar-refractivity contribution in [1.82, 2.24) is 0 Å². The molecule has 3 rings (SSSR count). The molecule has 0 fully saturated rings. The Hall–Kier alpha value is -0.227. The molecule has 3 aliphatic carbocycles. The molecule has 1 unspecified atom stereocenters. The van der Waals surface area contributed by atoms with Gasteiger partial charge in [-0.15, -0.1) is 0 Å². The summed E-state index contributed by atoms with van der Waals surface area (Å²) in [6.07, 6.45) is 12.4. The maximum Gasteiger partial charge on any atom is -1.00 e. The second-order valence-electron chi connectivity index (χ2n) is 13.7. The van der Waals surface area contributed by atoms with Gasteiger partial charge in [-0.05, 0) is 0 Å². The monoisotopic (exact) mass is 579 g/mol. The molecule has 0 spiro atoms. The van der Waals surface area contributed by atoms with Crippen molar-refractivity contribution in [3.63, 3.8) is 0 Å². The molecule has 0 bridgehead atoms. The van der Waals surface area contributed by atoms with E-state index >= 15 is 0 Å². The average Bonchev–Trinajstić information content (AvgIpc) is 3.29. The van der Waals surface area contributed by atoms with Crippen molar-refractivity contribution in [3.05, 3.63) is 62.0 Å². The van der Waals surface area contributed by atoms with Crippen LogP contribution in [0.1, 0.15) is 95.9 Å². The van der Waals surface area contributed by atoms with Crippen LogP contribution in [0.2, 0.25) is 0 Å². The third-order valence-corrected chi connectivity index (χ3v) is 19.8. The Kier molecular flexibility index (Phi) is 9.60. The number of allylic oxidation sites excluding steroid dienone is 12. The summed E-state index contributed by atoms with van der Waals surface area (Å²) in [4.78, 5) is 0. The topological polar surface area (TPSA) is 0 Å².